The summed E-state index contributed by atoms with van der Waals surface area (Å²) in [7, 11) is 0. The quantitative estimate of drug-likeness (QED) is 0.514. The number of carbonyl (C=O) groups is 2. The fourth-order valence-corrected chi connectivity index (χ4v) is 2.60. The normalized spacial score (nSPS) is 10.2. The van der Waals surface area contributed by atoms with E-state index in [-0.39, 0.29) is 11.5 Å². The molecule has 0 saturated heterocycles. The van der Waals surface area contributed by atoms with Gasteiger partial charge >= 0.3 is 5.97 Å². The molecule has 142 valence electrons. The Hall–Kier alpha value is -3.94. The molecule has 3 rings (SSSR count). The minimum absolute atomic E-state index is 0.135. The summed E-state index contributed by atoms with van der Waals surface area (Å²) in [6.45, 7) is 3.20. The summed E-state index contributed by atoms with van der Waals surface area (Å²) in [6, 6.07) is 15.5. The van der Waals surface area contributed by atoms with Crippen molar-refractivity contribution >= 4 is 40.6 Å². The molecule has 0 aliphatic carbocycles. The van der Waals surface area contributed by atoms with Crippen LogP contribution in [0.4, 0.5) is 28.7 Å². The molecule has 4 N–H and O–H groups in total. The summed E-state index contributed by atoms with van der Waals surface area (Å²) in [5.74, 6) is 0.389. The number of aryl methyl sites for hydroxylation is 1. The summed E-state index contributed by atoms with van der Waals surface area (Å²) in [4.78, 5) is 31.1. The molecule has 28 heavy (non-hydrogen) atoms. The highest BCUT2D eigenvalue weighted by Gasteiger charge is 2.10. The topological polar surface area (TPSA) is 116 Å². The lowest BCUT2D eigenvalue weighted by Crippen LogP contribution is -2.06. The molecule has 1 aromatic heterocycles. The van der Waals surface area contributed by atoms with Crippen LogP contribution in [0.3, 0.4) is 0 Å². The SMILES string of the molecule is CC(=O)Nc1ccc(Nc2cc(Nc3ccccc3C(=O)O)nc(C)n2)cc1. The minimum Gasteiger partial charge on any atom is -0.478 e. The van der Waals surface area contributed by atoms with Crippen molar-refractivity contribution in [2.75, 3.05) is 16.0 Å². The molecule has 8 nitrogen and oxygen atoms in total. The van der Waals surface area contributed by atoms with Crippen molar-refractivity contribution in [1.82, 2.24) is 9.97 Å². The van der Waals surface area contributed by atoms with E-state index in [0.29, 0.717) is 28.8 Å². The summed E-state index contributed by atoms with van der Waals surface area (Å²) in [5, 5.41) is 18.2. The third-order valence-electron chi connectivity index (χ3n) is 3.74. The lowest BCUT2D eigenvalue weighted by atomic mass is 10.2. The van der Waals surface area contributed by atoms with E-state index in [1.165, 1.54) is 13.0 Å². The zero-order valence-electron chi connectivity index (χ0n) is 15.4. The maximum atomic E-state index is 11.4. The summed E-state index contributed by atoms with van der Waals surface area (Å²) in [6.07, 6.45) is 0. The molecular formula is C20H19N5O3. The third kappa shape index (κ3) is 4.82. The van der Waals surface area contributed by atoms with Crippen LogP contribution in [0.2, 0.25) is 0 Å². The molecule has 1 heterocycles. The van der Waals surface area contributed by atoms with E-state index in [4.69, 9.17) is 0 Å². The highest BCUT2D eigenvalue weighted by molar-refractivity contribution is 5.95. The van der Waals surface area contributed by atoms with Gasteiger partial charge in [0.1, 0.15) is 17.5 Å². The van der Waals surface area contributed by atoms with Gasteiger partial charge < -0.3 is 21.1 Å². The van der Waals surface area contributed by atoms with Crippen LogP contribution in [0.1, 0.15) is 23.1 Å². The van der Waals surface area contributed by atoms with Gasteiger partial charge in [-0.25, -0.2) is 14.8 Å². The standard InChI is InChI=1S/C20H19N5O3/c1-12-21-18(24-15-9-7-14(8-10-15)23-13(2)26)11-19(22-12)25-17-6-4-3-5-16(17)20(27)28/h3-11H,1-2H3,(H,23,26)(H,27,28)(H2,21,22,24,25). The Labute approximate surface area is 161 Å². The van der Waals surface area contributed by atoms with E-state index in [9.17, 15) is 14.7 Å². The van der Waals surface area contributed by atoms with E-state index in [2.05, 4.69) is 25.9 Å². The summed E-state index contributed by atoms with van der Waals surface area (Å²) in [5.41, 5.74) is 2.08. The van der Waals surface area contributed by atoms with Gasteiger partial charge in [-0.1, -0.05) is 12.1 Å². The highest BCUT2D eigenvalue weighted by Crippen LogP contribution is 2.23. The number of carboxylic acid groups (broad SMARTS) is 1. The number of hydrogen-bond acceptors (Lipinski definition) is 6. The first-order valence-electron chi connectivity index (χ1n) is 8.50. The Bertz CT molecular complexity index is 1020. The number of carbonyl (C=O) groups excluding carboxylic acids is 1. The largest absolute Gasteiger partial charge is 0.478 e. The second-order valence-electron chi connectivity index (χ2n) is 6.04. The molecule has 0 spiro atoms. The number of aromatic carboxylic acids is 1. The number of aromatic nitrogens is 2. The molecule has 8 heteroatoms. The maximum absolute atomic E-state index is 11.4. The molecule has 0 aliphatic rings. The Morgan fingerprint density at radius 1 is 0.893 bits per heavy atom. The van der Waals surface area contributed by atoms with Crippen LogP contribution in [-0.4, -0.2) is 27.0 Å². The van der Waals surface area contributed by atoms with Crippen LogP contribution in [0.5, 0.6) is 0 Å². The van der Waals surface area contributed by atoms with Gasteiger partial charge in [0.25, 0.3) is 0 Å². The van der Waals surface area contributed by atoms with Crippen LogP contribution in [0.15, 0.2) is 54.6 Å². The van der Waals surface area contributed by atoms with Crippen molar-refractivity contribution in [2.45, 2.75) is 13.8 Å². The van der Waals surface area contributed by atoms with E-state index in [1.54, 1.807) is 43.3 Å². The van der Waals surface area contributed by atoms with Crippen LogP contribution < -0.4 is 16.0 Å². The molecule has 0 saturated carbocycles. The first kappa shape index (κ1) is 18.8. The number of benzene rings is 2. The van der Waals surface area contributed by atoms with Gasteiger partial charge in [-0.3, -0.25) is 4.79 Å². The molecule has 0 atom stereocenters. The van der Waals surface area contributed by atoms with E-state index >= 15 is 0 Å². The number of hydrogen-bond donors (Lipinski definition) is 4. The average Bonchev–Trinajstić information content (AvgIpc) is 2.63. The monoisotopic (exact) mass is 377 g/mol. The number of anilines is 5. The van der Waals surface area contributed by atoms with Crippen molar-refractivity contribution in [3.63, 3.8) is 0 Å². The van der Waals surface area contributed by atoms with Crippen LogP contribution >= 0.6 is 0 Å². The molecule has 0 bridgehead atoms. The summed E-state index contributed by atoms with van der Waals surface area (Å²) < 4.78 is 0. The molecule has 0 aliphatic heterocycles. The van der Waals surface area contributed by atoms with E-state index < -0.39 is 5.97 Å². The Balaban J connectivity index is 1.80. The fraction of sp³-hybridized carbons (Fsp3) is 0.100. The number of amides is 1. The van der Waals surface area contributed by atoms with E-state index in [1.807, 2.05) is 12.1 Å². The van der Waals surface area contributed by atoms with Gasteiger partial charge in [0.2, 0.25) is 5.91 Å². The van der Waals surface area contributed by atoms with Gasteiger partial charge in [-0.2, -0.15) is 0 Å². The Morgan fingerprint density at radius 2 is 1.50 bits per heavy atom. The first-order valence-corrected chi connectivity index (χ1v) is 8.50. The van der Waals surface area contributed by atoms with Crippen LogP contribution in [0.25, 0.3) is 0 Å². The smallest absolute Gasteiger partial charge is 0.337 e. The van der Waals surface area contributed by atoms with Gasteiger partial charge in [0.05, 0.1) is 11.3 Å². The summed E-state index contributed by atoms with van der Waals surface area (Å²) >= 11 is 0. The number of nitrogens with one attached hydrogen (secondary N) is 3. The lowest BCUT2D eigenvalue weighted by molar-refractivity contribution is -0.114. The average molecular weight is 377 g/mol. The predicted octanol–water partition coefficient (Wildman–Crippen LogP) is 3.93. The van der Waals surface area contributed by atoms with E-state index in [0.717, 1.165) is 5.69 Å². The van der Waals surface area contributed by atoms with Crippen molar-refractivity contribution in [3.05, 3.63) is 66.0 Å². The Morgan fingerprint density at radius 3 is 2.14 bits per heavy atom. The van der Waals surface area contributed by atoms with Crippen molar-refractivity contribution in [1.29, 1.82) is 0 Å². The zero-order valence-corrected chi connectivity index (χ0v) is 15.4. The van der Waals surface area contributed by atoms with Gasteiger partial charge in [0, 0.05) is 24.4 Å². The number of para-hydroxylation sites is 1. The Kier molecular flexibility index (Phi) is 5.50. The number of rotatable bonds is 6. The van der Waals surface area contributed by atoms with Gasteiger partial charge in [0.15, 0.2) is 0 Å². The zero-order chi connectivity index (χ0) is 20.1. The lowest BCUT2D eigenvalue weighted by Gasteiger charge is -2.12. The first-order chi connectivity index (χ1) is 13.4. The van der Waals surface area contributed by atoms with Crippen LogP contribution in [0, 0.1) is 6.92 Å². The highest BCUT2D eigenvalue weighted by atomic mass is 16.4. The van der Waals surface area contributed by atoms with Gasteiger partial charge in [-0.05, 0) is 43.3 Å². The van der Waals surface area contributed by atoms with Crippen molar-refractivity contribution < 1.29 is 14.7 Å². The van der Waals surface area contributed by atoms with Crippen molar-refractivity contribution in [3.8, 4) is 0 Å². The maximum Gasteiger partial charge on any atom is 0.337 e. The van der Waals surface area contributed by atoms with Gasteiger partial charge in [-0.15, -0.1) is 0 Å². The molecule has 1 amide bonds. The molecule has 0 fully saturated rings. The molecule has 3 aromatic rings. The fourth-order valence-electron chi connectivity index (χ4n) is 2.60. The third-order valence-corrected chi connectivity index (χ3v) is 3.74. The number of nitrogens with zero attached hydrogens (tertiary/aromatic N) is 2. The second kappa shape index (κ2) is 8.17. The minimum atomic E-state index is -1.02. The van der Waals surface area contributed by atoms with Crippen molar-refractivity contribution in [2.24, 2.45) is 0 Å². The second-order valence-corrected chi connectivity index (χ2v) is 6.04. The molecular weight excluding hydrogens is 358 g/mol. The van der Waals surface area contributed by atoms with Crippen LogP contribution in [-0.2, 0) is 4.79 Å². The number of carboxylic acids is 1. The molecule has 0 unspecified atom stereocenters. The predicted molar refractivity (Wildman–Crippen MR) is 107 cm³/mol. The molecule has 0 radical (unpaired) electrons. The molecule has 2 aromatic carbocycles.